The molecule has 132 valence electrons. The van der Waals surface area contributed by atoms with Gasteiger partial charge in [-0.05, 0) is 24.6 Å². The molecule has 3 heteroatoms. The zero-order valence-corrected chi connectivity index (χ0v) is 15.0. The van der Waals surface area contributed by atoms with Crippen molar-refractivity contribution in [3.05, 3.63) is 84.4 Å². The summed E-state index contributed by atoms with van der Waals surface area (Å²) in [7, 11) is 0. The number of para-hydroxylation sites is 2. The molecule has 0 aliphatic carbocycles. The predicted molar refractivity (Wildman–Crippen MR) is 108 cm³/mol. The van der Waals surface area contributed by atoms with Crippen LogP contribution in [0.3, 0.4) is 0 Å². The van der Waals surface area contributed by atoms with Crippen LogP contribution < -0.4 is 5.32 Å². The summed E-state index contributed by atoms with van der Waals surface area (Å²) >= 11 is 0. The van der Waals surface area contributed by atoms with Gasteiger partial charge in [-0.15, -0.1) is 0 Å². The maximum Gasteiger partial charge on any atom is 0.0843 e. The van der Waals surface area contributed by atoms with Crippen molar-refractivity contribution >= 4 is 21.8 Å². The van der Waals surface area contributed by atoms with Gasteiger partial charge in [0.05, 0.1) is 12.6 Å². The van der Waals surface area contributed by atoms with Gasteiger partial charge in [0.1, 0.15) is 0 Å². The van der Waals surface area contributed by atoms with Crippen molar-refractivity contribution in [3.8, 4) is 0 Å². The highest BCUT2D eigenvalue weighted by Crippen LogP contribution is 2.28. The van der Waals surface area contributed by atoms with E-state index in [0.717, 1.165) is 0 Å². The second-order valence-corrected chi connectivity index (χ2v) is 6.84. The highest BCUT2D eigenvalue weighted by atomic mass is 16.3. The number of hydrogen-bond donors (Lipinski definition) is 2. The second kappa shape index (κ2) is 7.32. The van der Waals surface area contributed by atoms with Gasteiger partial charge >= 0.3 is 0 Å². The first kappa shape index (κ1) is 16.8. The van der Waals surface area contributed by atoms with E-state index in [-0.39, 0.29) is 6.04 Å². The van der Waals surface area contributed by atoms with Gasteiger partial charge in [-0.1, -0.05) is 66.7 Å². The molecule has 3 nitrogen and oxygen atoms in total. The van der Waals surface area contributed by atoms with E-state index in [1.54, 1.807) is 0 Å². The number of benzene rings is 3. The van der Waals surface area contributed by atoms with E-state index in [2.05, 4.69) is 77.5 Å². The molecule has 0 spiro atoms. The minimum absolute atomic E-state index is 0.212. The van der Waals surface area contributed by atoms with Crippen LogP contribution in [0.4, 0.5) is 0 Å². The molecule has 0 saturated heterocycles. The van der Waals surface area contributed by atoms with Crippen LogP contribution in [0.5, 0.6) is 0 Å². The van der Waals surface area contributed by atoms with Crippen LogP contribution in [0.25, 0.3) is 21.8 Å². The smallest absolute Gasteiger partial charge is 0.0843 e. The van der Waals surface area contributed by atoms with E-state index >= 15 is 0 Å². The Balaban J connectivity index is 1.53. The van der Waals surface area contributed by atoms with Crippen LogP contribution in [0.15, 0.2) is 78.9 Å². The molecular weight excluding hydrogens is 320 g/mol. The Labute approximate surface area is 153 Å². The van der Waals surface area contributed by atoms with Crippen molar-refractivity contribution in [1.29, 1.82) is 0 Å². The fourth-order valence-electron chi connectivity index (χ4n) is 3.65. The maximum atomic E-state index is 10.7. The van der Waals surface area contributed by atoms with E-state index < -0.39 is 6.10 Å². The van der Waals surface area contributed by atoms with Gasteiger partial charge < -0.3 is 15.0 Å². The largest absolute Gasteiger partial charge is 0.390 e. The Morgan fingerprint density at radius 2 is 1.35 bits per heavy atom. The standard InChI is InChI=1S/C23H24N2O/c1-17(18-9-3-2-4-10-18)24-15-19(26)16-25-22-13-7-5-11-20(22)21-12-6-8-14-23(21)25/h2-14,17,19,24,26H,15-16H2,1H3/t17-,19+/m0/s1. The monoisotopic (exact) mass is 344 g/mol. The lowest BCUT2D eigenvalue weighted by atomic mass is 10.1. The summed E-state index contributed by atoms with van der Waals surface area (Å²) in [5.41, 5.74) is 3.57. The average Bonchev–Trinajstić information content (AvgIpc) is 3.01. The normalized spacial score (nSPS) is 13.9. The average molecular weight is 344 g/mol. The first-order chi connectivity index (χ1) is 12.7. The minimum Gasteiger partial charge on any atom is -0.390 e. The summed E-state index contributed by atoms with van der Waals surface area (Å²) in [6.45, 7) is 3.25. The summed E-state index contributed by atoms with van der Waals surface area (Å²) in [6, 6.07) is 27.3. The molecule has 0 radical (unpaired) electrons. The van der Waals surface area contributed by atoms with Crippen molar-refractivity contribution in [3.63, 3.8) is 0 Å². The van der Waals surface area contributed by atoms with Crippen molar-refractivity contribution in [2.24, 2.45) is 0 Å². The third kappa shape index (κ3) is 3.24. The molecule has 0 saturated carbocycles. The first-order valence-corrected chi connectivity index (χ1v) is 9.16. The fourth-order valence-corrected chi connectivity index (χ4v) is 3.65. The molecule has 0 bridgehead atoms. The summed E-state index contributed by atoms with van der Waals surface area (Å²) in [5.74, 6) is 0. The highest BCUT2D eigenvalue weighted by Gasteiger charge is 2.14. The van der Waals surface area contributed by atoms with Gasteiger partial charge in [0.25, 0.3) is 0 Å². The van der Waals surface area contributed by atoms with Crippen LogP contribution in [0, 0.1) is 0 Å². The fraction of sp³-hybridized carbons (Fsp3) is 0.217. The van der Waals surface area contributed by atoms with Gasteiger partial charge in [-0.25, -0.2) is 0 Å². The molecular formula is C23H24N2O. The summed E-state index contributed by atoms with van der Waals surface area (Å²) in [5, 5.41) is 16.6. The molecule has 2 atom stereocenters. The van der Waals surface area contributed by atoms with E-state index in [1.807, 2.05) is 18.2 Å². The third-order valence-corrected chi connectivity index (χ3v) is 5.03. The number of hydrogen-bond acceptors (Lipinski definition) is 2. The van der Waals surface area contributed by atoms with Crippen molar-refractivity contribution in [2.45, 2.75) is 25.6 Å². The SMILES string of the molecule is C[C@H](NC[C@@H](O)Cn1c2ccccc2c2ccccc21)c1ccccc1. The number of aliphatic hydroxyl groups excluding tert-OH is 1. The number of nitrogens with zero attached hydrogens (tertiary/aromatic N) is 1. The first-order valence-electron chi connectivity index (χ1n) is 9.16. The third-order valence-electron chi connectivity index (χ3n) is 5.03. The Morgan fingerprint density at radius 1 is 0.808 bits per heavy atom. The number of fused-ring (bicyclic) bond motifs is 3. The molecule has 1 heterocycles. The number of rotatable bonds is 6. The zero-order valence-electron chi connectivity index (χ0n) is 15.0. The number of nitrogens with one attached hydrogen (secondary N) is 1. The molecule has 0 amide bonds. The number of aromatic nitrogens is 1. The van der Waals surface area contributed by atoms with Crippen molar-refractivity contribution in [2.75, 3.05) is 6.54 Å². The van der Waals surface area contributed by atoms with Gasteiger partial charge in [0.2, 0.25) is 0 Å². The summed E-state index contributed by atoms with van der Waals surface area (Å²) < 4.78 is 2.23. The van der Waals surface area contributed by atoms with Crippen LogP contribution in [0.2, 0.25) is 0 Å². The highest BCUT2D eigenvalue weighted by molar-refractivity contribution is 6.07. The molecule has 0 aliphatic heterocycles. The van der Waals surface area contributed by atoms with Gasteiger partial charge in [-0.2, -0.15) is 0 Å². The van der Waals surface area contributed by atoms with Crippen molar-refractivity contribution in [1.82, 2.24) is 9.88 Å². The Bertz CT molecular complexity index is 953. The maximum absolute atomic E-state index is 10.7. The molecule has 3 aromatic carbocycles. The van der Waals surface area contributed by atoms with Crippen LogP contribution in [-0.2, 0) is 6.54 Å². The van der Waals surface area contributed by atoms with Gasteiger partial charge in [-0.3, -0.25) is 0 Å². The van der Waals surface area contributed by atoms with Crippen LogP contribution >= 0.6 is 0 Å². The molecule has 1 aromatic heterocycles. The topological polar surface area (TPSA) is 37.2 Å². The van der Waals surface area contributed by atoms with Gasteiger partial charge in [0, 0.05) is 34.4 Å². The number of aliphatic hydroxyl groups is 1. The molecule has 4 rings (SSSR count). The molecule has 0 fully saturated rings. The molecule has 4 aromatic rings. The predicted octanol–water partition coefficient (Wildman–Crippen LogP) is 4.51. The van der Waals surface area contributed by atoms with Crippen LogP contribution in [-0.4, -0.2) is 22.3 Å². The van der Waals surface area contributed by atoms with Gasteiger partial charge in [0.15, 0.2) is 0 Å². The zero-order chi connectivity index (χ0) is 17.9. The van der Waals surface area contributed by atoms with E-state index in [4.69, 9.17) is 0 Å². The molecule has 0 aliphatic rings. The van der Waals surface area contributed by atoms with E-state index in [9.17, 15) is 5.11 Å². The molecule has 26 heavy (non-hydrogen) atoms. The quantitative estimate of drug-likeness (QED) is 0.540. The summed E-state index contributed by atoms with van der Waals surface area (Å²) in [6.07, 6.45) is -0.458. The summed E-state index contributed by atoms with van der Waals surface area (Å²) in [4.78, 5) is 0. The Hall–Kier alpha value is -2.62. The lowest BCUT2D eigenvalue weighted by Crippen LogP contribution is -2.32. The molecule has 2 N–H and O–H groups in total. The molecule has 0 unspecified atom stereocenters. The van der Waals surface area contributed by atoms with Crippen LogP contribution in [0.1, 0.15) is 18.5 Å². The minimum atomic E-state index is -0.458. The van der Waals surface area contributed by atoms with E-state index in [0.29, 0.717) is 13.1 Å². The van der Waals surface area contributed by atoms with E-state index in [1.165, 1.54) is 27.4 Å². The second-order valence-electron chi connectivity index (χ2n) is 6.84. The van der Waals surface area contributed by atoms with Crippen molar-refractivity contribution < 1.29 is 5.11 Å². The lowest BCUT2D eigenvalue weighted by Gasteiger charge is -2.19. The Morgan fingerprint density at radius 3 is 1.96 bits per heavy atom. The lowest BCUT2D eigenvalue weighted by molar-refractivity contribution is 0.151. The Kier molecular flexibility index (Phi) is 4.74.